The molecule has 28 heavy (non-hydrogen) atoms. The molecule has 0 bridgehead atoms. The molecule has 146 valence electrons. The van der Waals surface area contributed by atoms with Crippen molar-refractivity contribution >= 4 is 28.9 Å². The Bertz CT molecular complexity index is 911. The van der Waals surface area contributed by atoms with Gasteiger partial charge >= 0.3 is 0 Å². The molecule has 2 aliphatic heterocycles. The van der Waals surface area contributed by atoms with Gasteiger partial charge in [-0.15, -0.1) is 11.3 Å². The number of carbonyl (C=O) groups excluding carboxylic acids is 3. The highest BCUT2D eigenvalue weighted by molar-refractivity contribution is 7.12. The van der Waals surface area contributed by atoms with E-state index in [1.165, 1.54) is 18.3 Å². The molecule has 1 unspecified atom stereocenters. The Hall–Kier alpha value is -2.54. The molecule has 1 atom stereocenters. The third-order valence-corrected chi connectivity index (χ3v) is 6.82. The average Bonchev–Trinajstić information content (AvgIpc) is 3.39. The van der Waals surface area contributed by atoms with E-state index in [1.54, 1.807) is 12.3 Å². The van der Waals surface area contributed by atoms with Crippen molar-refractivity contribution in [1.82, 2.24) is 14.8 Å². The fourth-order valence-electron chi connectivity index (χ4n) is 4.13. The van der Waals surface area contributed by atoms with Crippen molar-refractivity contribution in [1.29, 1.82) is 0 Å². The second kappa shape index (κ2) is 7.47. The molecule has 2 saturated heterocycles. The molecule has 2 aromatic rings. The van der Waals surface area contributed by atoms with E-state index in [-0.39, 0.29) is 24.0 Å². The van der Waals surface area contributed by atoms with E-state index in [4.69, 9.17) is 0 Å². The van der Waals surface area contributed by atoms with E-state index in [9.17, 15) is 14.4 Å². The molecule has 2 amide bonds. The number of thiophene rings is 1. The van der Waals surface area contributed by atoms with Crippen molar-refractivity contribution in [2.24, 2.45) is 5.41 Å². The molecular weight excluding hydrogens is 374 g/mol. The first kappa shape index (κ1) is 18.8. The number of carbonyl (C=O) groups is 3. The highest BCUT2D eigenvalue weighted by Gasteiger charge is 2.51. The Balaban J connectivity index is 1.38. The maximum Gasteiger partial charge on any atom is 0.231 e. The van der Waals surface area contributed by atoms with E-state index in [0.717, 1.165) is 24.1 Å². The number of hydrogen-bond donors (Lipinski definition) is 0. The summed E-state index contributed by atoms with van der Waals surface area (Å²) in [6.07, 6.45) is 3.53. The minimum absolute atomic E-state index is 0.0216. The zero-order valence-electron chi connectivity index (χ0n) is 15.9. The molecule has 2 fully saturated rings. The van der Waals surface area contributed by atoms with Crippen molar-refractivity contribution in [2.45, 2.75) is 32.7 Å². The fraction of sp³-hybridized carbons (Fsp3) is 0.429. The Morgan fingerprint density at radius 2 is 2.07 bits per heavy atom. The van der Waals surface area contributed by atoms with E-state index >= 15 is 0 Å². The summed E-state index contributed by atoms with van der Waals surface area (Å²) in [5, 5.41) is 1.87. The Morgan fingerprint density at radius 1 is 1.25 bits per heavy atom. The van der Waals surface area contributed by atoms with Gasteiger partial charge in [-0.3, -0.25) is 19.4 Å². The van der Waals surface area contributed by atoms with Gasteiger partial charge in [0.2, 0.25) is 11.8 Å². The molecule has 0 aliphatic carbocycles. The number of nitrogens with zero attached hydrogens (tertiary/aromatic N) is 3. The van der Waals surface area contributed by atoms with Crippen LogP contribution in [0.4, 0.5) is 0 Å². The number of pyridine rings is 1. The second-order valence-corrected chi connectivity index (χ2v) is 8.61. The van der Waals surface area contributed by atoms with Gasteiger partial charge in [0.15, 0.2) is 5.78 Å². The first-order valence-corrected chi connectivity index (χ1v) is 10.4. The molecule has 0 N–H and O–H groups in total. The minimum Gasteiger partial charge on any atom is -0.341 e. The standard InChI is InChI=1S/C21H23N3O3S/c1-15(25)18-10-16(13-28-18)11-19(26)24-9-6-21(14-24)5-8-23(20(21)27)12-17-4-2-3-7-22-17/h2-4,7,10,13H,5-6,8-9,11-12,14H2,1H3. The second-order valence-electron chi connectivity index (χ2n) is 7.70. The van der Waals surface area contributed by atoms with Crippen molar-refractivity contribution in [3.8, 4) is 0 Å². The third kappa shape index (κ3) is 3.58. The van der Waals surface area contributed by atoms with Crippen molar-refractivity contribution in [3.05, 3.63) is 52.0 Å². The maximum atomic E-state index is 13.1. The summed E-state index contributed by atoms with van der Waals surface area (Å²) in [4.78, 5) is 45.9. The van der Waals surface area contributed by atoms with Gasteiger partial charge in [-0.2, -0.15) is 0 Å². The van der Waals surface area contributed by atoms with E-state index in [2.05, 4.69) is 4.98 Å². The van der Waals surface area contributed by atoms with Crippen LogP contribution in [0.1, 0.15) is 40.7 Å². The first-order chi connectivity index (χ1) is 13.5. The van der Waals surface area contributed by atoms with Crippen molar-refractivity contribution < 1.29 is 14.4 Å². The lowest BCUT2D eigenvalue weighted by molar-refractivity contribution is -0.136. The topological polar surface area (TPSA) is 70.6 Å². The lowest BCUT2D eigenvalue weighted by atomic mass is 9.85. The number of rotatable bonds is 5. The van der Waals surface area contributed by atoms with Crippen LogP contribution in [0.2, 0.25) is 0 Å². The molecule has 7 heteroatoms. The predicted octanol–water partition coefficient (Wildman–Crippen LogP) is 2.54. The molecule has 4 heterocycles. The van der Waals surface area contributed by atoms with E-state index in [1.807, 2.05) is 33.4 Å². The molecule has 6 nitrogen and oxygen atoms in total. The summed E-state index contributed by atoms with van der Waals surface area (Å²) in [7, 11) is 0. The highest BCUT2D eigenvalue weighted by Crippen LogP contribution is 2.41. The van der Waals surface area contributed by atoms with Gasteiger partial charge in [0.05, 0.1) is 29.0 Å². The van der Waals surface area contributed by atoms with Crippen LogP contribution < -0.4 is 0 Å². The van der Waals surface area contributed by atoms with Crippen LogP contribution in [0.5, 0.6) is 0 Å². The zero-order valence-corrected chi connectivity index (χ0v) is 16.7. The Kier molecular flexibility index (Phi) is 5.02. The number of likely N-dealkylation sites (tertiary alicyclic amines) is 2. The Labute approximate surface area is 168 Å². The van der Waals surface area contributed by atoms with Crippen LogP contribution in [-0.2, 0) is 22.6 Å². The number of aromatic nitrogens is 1. The van der Waals surface area contributed by atoms with Crippen molar-refractivity contribution in [3.63, 3.8) is 0 Å². The quantitative estimate of drug-likeness (QED) is 0.727. The fourth-order valence-corrected chi connectivity index (χ4v) is 4.95. The number of hydrogen-bond acceptors (Lipinski definition) is 5. The lowest BCUT2D eigenvalue weighted by Gasteiger charge is -2.23. The molecule has 0 radical (unpaired) electrons. The number of Topliss-reactive ketones (excluding diaryl/α,β-unsaturated/α-hetero) is 1. The molecular formula is C21H23N3O3S. The van der Waals surface area contributed by atoms with Gasteiger partial charge in [0.25, 0.3) is 0 Å². The number of ketones is 1. The predicted molar refractivity (Wildman–Crippen MR) is 106 cm³/mol. The summed E-state index contributed by atoms with van der Waals surface area (Å²) in [6.45, 7) is 3.88. The average molecular weight is 398 g/mol. The largest absolute Gasteiger partial charge is 0.341 e. The summed E-state index contributed by atoms with van der Waals surface area (Å²) in [5.41, 5.74) is 1.32. The monoisotopic (exact) mass is 397 g/mol. The van der Waals surface area contributed by atoms with Crippen LogP contribution in [-0.4, -0.2) is 52.0 Å². The Morgan fingerprint density at radius 3 is 2.79 bits per heavy atom. The number of amides is 2. The summed E-state index contributed by atoms with van der Waals surface area (Å²) in [6, 6.07) is 7.52. The summed E-state index contributed by atoms with van der Waals surface area (Å²) >= 11 is 1.38. The van der Waals surface area contributed by atoms with E-state index in [0.29, 0.717) is 31.1 Å². The molecule has 2 aliphatic rings. The van der Waals surface area contributed by atoms with Gasteiger partial charge in [0, 0.05) is 25.8 Å². The van der Waals surface area contributed by atoms with Gasteiger partial charge in [-0.25, -0.2) is 0 Å². The molecule has 0 saturated carbocycles. The molecule has 4 rings (SSSR count). The zero-order chi connectivity index (χ0) is 19.7. The van der Waals surface area contributed by atoms with Gasteiger partial charge in [0.1, 0.15) is 0 Å². The van der Waals surface area contributed by atoms with Gasteiger partial charge in [-0.1, -0.05) is 6.07 Å². The smallest absolute Gasteiger partial charge is 0.231 e. The van der Waals surface area contributed by atoms with Gasteiger partial charge < -0.3 is 9.80 Å². The summed E-state index contributed by atoms with van der Waals surface area (Å²) in [5.74, 6) is 0.192. The van der Waals surface area contributed by atoms with Crippen molar-refractivity contribution in [2.75, 3.05) is 19.6 Å². The normalized spacial score (nSPS) is 21.7. The molecule has 2 aromatic heterocycles. The van der Waals surface area contributed by atoms with Gasteiger partial charge in [-0.05, 0) is 48.9 Å². The van der Waals surface area contributed by atoms with Crippen LogP contribution in [0.15, 0.2) is 35.8 Å². The van der Waals surface area contributed by atoms with E-state index < -0.39 is 5.41 Å². The maximum absolute atomic E-state index is 13.1. The highest BCUT2D eigenvalue weighted by atomic mass is 32.1. The van der Waals surface area contributed by atoms with Crippen LogP contribution in [0, 0.1) is 5.41 Å². The lowest BCUT2D eigenvalue weighted by Crippen LogP contribution is -2.38. The third-order valence-electron chi connectivity index (χ3n) is 5.74. The minimum atomic E-state index is -0.441. The SMILES string of the molecule is CC(=O)c1cc(CC(=O)N2CCC3(CCN(Cc4ccccn4)C3=O)C2)cs1. The molecule has 1 spiro atoms. The summed E-state index contributed by atoms with van der Waals surface area (Å²) < 4.78 is 0. The van der Waals surface area contributed by atoms with Crippen LogP contribution in [0.25, 0.3) is 0 Å². The molecule has 0 aromatic carbocycles. The van der Waals surface area contributed by atoms with Crippen LogP contribution >= 0.6 is 11.3 Å². The first-order valence-electron chi connectivity index (χ1n) is 9.52. The van der Waals surface area contributed by atoms with Crippen LogP contribution in [0.3, 0.4) is 0 Å².